The summed E-state index contributed by atoms with van der Waals surface area (Å²) in [4.78, 5) is 4.87. The first-order valence-corrected chi connectivity index (χ1v) is 10.2. The SMILES string of the molecule is CC1(C)OB(O)c2ccc(C3=NOC(c4cc(Cl)c(C(F)(F)F)c(Cl)c4)(C(F)(F)F)C3)cc21. The number of hydrogen-bond acceptors (Lipinski definition) is 4. The molecule has 4 rings (SSSR count). The van der Waals surface area contributed by atoms with Crippen molar-refractivity contribution in [2.45, 2.75) is 43.8 Å². The quantitative estimate of drug-likeness (QED) is 0.425. The molecule has 0 radical (unpaired) electrons. The van der Waals surface area contributed by atoms with E-state index in [9.17, 15) is 31.4 Å². The first kappa shape index (κ1) is 24.2. The van der Waals surface area contributed by atoms with Gasteiger partial charge in [-0.05, 0) is 48.6 Å². The average Bonchev–Trinajstić information content (AvgIpc) is 3.20. The summed E-state index contributed by atoms with van der Waals surface area (Å²) in [6.45, 7) is 3.37. The highest BCUT2D eigenvalue weighted by molar-refractivity contribution is 6.62. The van der Waals surface area contributed by atoms with Crippen LogP contribution in [0.4, 0.5) is 26.3 Å². The number of hydrogen-bond donors (Lipinski definition) is 1. The highest BCUT2D eigenvalue weighted by Gasteiger charge is 2.63. The molecule has 2 aromatic rings. The van der Waals surface area contributed by atoms with Crippen LogP contribution in [-0.4, -0.2) is 24.0 Å². The van der Waals surface area contributed by atoms with Gasteiger partial charge in [-0.15, -0.1) is 0 Å². The standard InChI is InChI=1S/C20H14BCl2F6NO3/c1-17(2)11-5-9(3-4-12(11)21(31)32-17)15-8-18(33-30-15,20(27,28)29)10-6-13(22)16(14(23)7-10)19(24,25)26/h3-7,31H,8H2,1-2H3. The van der Waals surface area contributed by atoms with Crippen LogP contribution in [0, 0.1) is 0 Å². The lowest BCUT2D eigenvalue weighted by Crippen LogP contribution is -2.42. The zero-order valence-electron chi connectivity index (χ0n) is 16.9. The number of benzene rings is 2. The van der Waals surface area contributed by atoms with Gasteiger partial charge >= 0.3 is 19.5 Å². The number of halogens is 8. The molecule has 0 bridgehead atoms. The van der Waals surface area contributed by atoms with Crippen LogP contribution in [0.15, 0.2) is 35.5 Å². The maximum absolute atomic E-state index is 14.2. The molecule has 1 atom stereocenters. The van der Waals surface area contributed by atoms with Crippen molar-refractivity contribution in [3.8, 4) is 0 Å². The molecule has 0 saturated carbocycles. The Balaban J connectivity index is 1.76. The Morgan fingerprint density at radius 1 is 1.03 bits per heavy atom. The lowest BCUT2D eigenvalue weighted by Gasteiger charge is -2.30. The average molecular weight is 512 g/mol. The van der Waals surface area contributed by atoms with Gasteiger partial charge < -0.3 is 14.5 Å². The van der Waals surface area contributed by atoms with Crippen molar-refractivity contribution < 1.29 is 40.9 Å². The first-order chi connectivity index (χ1) is 15.1. The second-order valence-corrected chi connectivity index (χ2v) is 9.04. The van der Waals surface area contributed by atoms with Crippen molar-refractivity contribution >= 4 is 41.5 Å². The molecule has 0 aromatic heterocycles. The molecule has 0 amide bonds. The molecule has 33 heavy (non-hydrogen) atoms. The van der Waals surface area contributed by atoms with Crippen LogP contribution in [0.3, 0.4) is 0 Å². The normalized spacial score (nSPS) is 22.3. The topological polar surface area (TPSA) is 51.0 Å². The summed E-state index contributed by atoms with van der Waals surface area (Å²) in [6.07, 6.45) is -10.9. The summed E-state index contributed by atoms with van der Waals surface area (Å²) in [5.41, 5.74) is -4.95. The largest absolute Gasteiger partial charge is 0.492 e. The molecule has 1 N–H and O–H groups in total. The minimum Gasteiger partial charge on any atom is -0.423 e. The van der Waals surface area contributed by atoms with Gasteiger partial charge in [0, 0.05) is 12.0 Å². The third kappa shape index (κ3) is 3.88. The predicted molar refractivity (Wildman–Crippen MR) is 110 cm³/mol. The van der Waals surface area contributed by atoms with Gasteiger partial charge in [-0.1, -0.05) is 40.5 Å². The molecular formula is C20H14BCl2F6NO3. The molecule has 176 valence electrons. The lowest BCUT2D eigenvalue weighted by molar-refractivity contribution is -0.275. The molecule has 0 fully saturated rings. The van der Waals surface area contributed by atoms with Crippen LogP contribution in [-0.2, 0) is 26.9 Å². The Morgan fingerprint density at radius 2 is 1.64 bits per heavy atom. The van der Waals surface area contributed by atoms with Crippen LogP contribution in [0.25, 0.3) is 0 Å². The van der Waals surface area contributed by atoms with Crippen LogP contribution in [0.1, 0.15) is 42.5 Å². The van der Waals surface area contributed by atoms with E-state index >= 15 is 0 Å². The number of nitrogens with zero attached hydrogens (tertiary/aromatic N) is 1. The van der Waals surface area contributed by atoms with E-state index in [4.69, 9.17) is 32.7 Å². The Bertz CT molecular complexity index is 1140. The molecule has 2 aliphatic rings. The van der Waals surface area contributed by atoms with Gasteiger partial charge in [-0.25, -0.2) is 0 Å². The summed E-state index contributed by atoms with van der Waals surface area (Å²) < 4.78 is 87.6. The van der Waals surface area contributed by atoms with Crippen molar-refractivity contribution in [1.29, 1.82) is 0 Å². The maximum Gasteiger partial charge on any atom is 0.492 e. The van der Waals surface area contributed by atoms with E-state index in [0.717, 1.165) is 0 Å². The van der Waals surface area contributed by atoms with Crippen molar-refractivity contribution in [2.24, 2.45) is 5.16 Å². The number of oxime groups is 1. The van der Waals surface area contributed by atoms with E-state index in [1.807, 2.05) is 0 Å². The molecule has 2 aromatic carbocycles. The van der Waals surface area contributed by atoms with E-state index in [0.29, 0.717) is 23.2 Å². The first-order valence-electron chi connectivity index (χ1n) is 9.46. The van der Waals surface area contributed by atoms with Crippen molar-refractivity contribution in [3.05, 3.63) is 62.6 Å². The molecule has 13 heteroatoms. The van der Waals surface area contributed by atoms with Gasteiger partial charge in [-0.3, -0.25) is 0 Å². The molecule has 2 aliphatic heterocycles. The van der Waals surface area contributed by atoms with Gasteiger partial charge in [-0.2, -0.15) is 26.3 Å². The van der Waals surface area contributed by atoms with Crippen LogP contribution in [0.5, 0.6) is 0 Å². The fourth-order valence-corrected chi connectivity index (χ4v) is 4.72. The maximum atomic E-state index is 14.2. The third-order valence-electron chi connectivity index (χ3n) is 5.69. The van der Waals surface area contributed by atoms with Crippen molar-refractivity contribution in [2.75, 3.05) is 0 Å². The van der Waals surface area contributed by atoms with E-state index < -0.39 is 58.3 Å². The lowest BCUT2D eigenvalue weighted by atomic mass is 9.77. The van der Waals surface area contributed by atoms with Gasteiger partial charge in [0.05, 0.1) is 26.9 Å². The summed E-state index contributed by atoms with van der Waals surface area (Å²) in [7, 11) is -1.18. The van der Waals surface area contributed by atoms with Crippen LogP contribution in [0.2, 0.25) is 10.0 Å². The van der Waals surface area contributed by atoms with E-state index in [-0.39, 0.29) is 11.3 Å². The molecule has 2 heterocycles. The van der Waals surface area contributed by atoms with Gasteiger partial charge in [0.1, 0.15) is 0 Å². The Kier molecular flexibility index (Phi) is 5.52. The fraction of sp³-hybridized carbons (Fsp3) is 0.350. The Hall–Kier alpha value is -1.95. The van der Waals surface area contributed by atoms with Crippen molar-refractivity contribution in [1.82, 2.24) is 0 Å². The van der Waals surface area contributed by atoms with Crippen LogP contribution < -0.4 is 5.46 Å². The molecule has 0 aliphatic carbocycles. The predicted octanol–water partition coefficient (Wildman–Crippen LogP) is 5.55. The summed E-state index contributed by atoms with van der Waals surface area (Å²) in [6, 6.07) is 5.57. The minimum absolute atomic E-state index is 0.0977. The highest BCUT2D eigenvalue weighted by Crippen LogP contribution is 2.51. The van der Waals surface area contributed by atoms with Gasteiger partial charge in [0.25, 0.3) is 5.60 Å². The highest BCUT2D eigenvalue weighted by atomic mass is 35.5. The second kappa shape index (κ2) is 7.53. The van der Waals surface area contributed by atoms with Crippen molar-refractivity contribution in [3.63, 3.8) is 0 Å². The summed E-state index contributed by atoms with van der Waals surface area (Å²) in [5.74, 6) is 0. The third-order valence-corrected chi connectivity index (χ3v) is 6.28. The van der Waals surface area contributed by atoms with Gasteiger partial charge in [0.15, 0.2) is 0 Å². The number of rotatable bonds is 2. The second-order valence-electron chi connectivity index (χ2n) is 8.23. The zero-order chi connectivity index (χ0) is 24.6. The fourth-order valence-electron chi connectivity index (χ4n) is 4.01. The summed E-state index contributed by atoms with van der Waals surface area (Å²) in [5, 5.41) is 11.6. The zero-order valence-corrected chi connectivity index (χ0v) is 18.4. The Morgan fingerprint density at radius 3 is 2.18 bits per heavy atom. The monoisotopic (exact) mass is 511 g/mol. The molecule has 0 spiro atoms. The molecule has 1 unspecified atom stereocenters. The van der Waals surface area contributed by atoms with E-state index in [2.05, 4.69) is 5.16 Å². The van der Waals surface area contributed by atoms with E-state index in [1.165, 1.54) is 18.2 Å². The number of alkyl halides is 6. The van der Waals surface area contributed by atoms with Crippen LogP contribution >= 0.6 is 23.2 Å². The summed E-state index contributed by atoms with van der Waals surface area (Å²) >= 11 is 11.3. The molecule has 0 saturated heterocycles. The van der Waals surface area contributed by atoms with E-state index in [1.54, 1.807) is 13.8 Å². The van der Waals surface area contributed by atoms with Gasteiger partial charge in [0.2, 0.25) is 0 Å². The molecular weight excluding hydrogens is 498 g/mol. The Labute approximate surface area is 194 Å². The minimum atomic E-state index is -5.07. The molecule has 4 nitrogen and oxygen atoms in total. The number of fused-ring (bicyclic) bond motifs is 1. The smallest absolute Gasteiger partial charge is 0.423 e.